The van der Waals surface area contributed by atoms with Gasteiger partial charge in [0.15, 0.2) is 11.6 Å². The number of carbonyl (C=O) groups is 1. The van der Waals surface area contributed by atoms with E-state index in [0.717, 1.165) is 0 Å². The second kappa shape index (κ2) is 4.80. The van der Waals surface area contributed by atoms with Crippen LogP contribution in [0.25, 0.3) is 11.1 Å². The summed E-state index contributed by atoms with van der Waals surface area (Å²) < 4.78 is 27.5. The number of benzene rings is 2. The molecule has 2 rings (SSSR count). The van der Waals surface area contributed by atoms with Crippen molar-refractivity contribution in [3.8, 4) is 11.1 Å². The van der Waals surface area contributed by atoms with Crippen LogP contribution in [-0.2, 0) is 0 Å². The lowest BCUT2D eigenvalue weighted by molar-refractivity contribution is 0.0697. The average molecular weight is 262 g/mol. The van der Waals surface area contributed by atoms with E-state index in [1.54, 1.807) is 13.0 Å². The Morgan fingerprint density at radius 1 is 0.947 bits per heavy atom. The van der Waals surface area contributed by atoms with Crippen molar-refractivity contribution in [3.63, 3.8) is 0 Å². The van der Waals surface area contributed by atoms with Crippen LogP contribution in [0.2, 0.25) is 0 Å². The van der Waals surface area contributed by atoms with E-state index in [9.17, 15) is 13.6 Å². The minimum Gasteiger partial charge on any atom is -0.478 e. The Labute approximate surface area is 109 Å². The highest BCUT2D eigenvalue weighted by molar-refractivity contribution is 5.90. The summed E-state index contributed by atoms with van der Waals surface area (Å²) in [4.78, 5) is 10.9. The predicted octanol–water partition coefficient (Wildman–Crippen LogP) is 3.95. The highest BCUT2D eigenvalue weighted by Crippen LogP contribution is 2.29. The van der Waals surface area contributed by atoms with Gasteiger partial charge in [0.1, 0.15) is 0 Å². The molecular weight excluding hydrogens is 250 g/mol. The fourth-order valence-corrected chi connectivity index (χ4v) is 1.90. The summed E-state index contributed by atoms with van der Waals surface area (Å²) in [6.45, 7) is 3.20. The first-order chi connectivity index (χ1) is 8.91. The lowest BCUT2D eigenvalue weighted by Crippen LogP contribution is -1.99. The zero-order valence-electron chi connectivity index (χ0n) is 10.5. The Hall–Kier alpha value is -2.23. The van der Waals surface area contributed by atoms with Gasteiger partial charge in [-0.3, -0.25) is 0 Å². The van der Waals surface area contributed by atoms with Gasteiger partial charge >= 0.3 is 5.97 Å². The van der Waals surface area contributed by atoms with Crippen LogP contribution < -0.4 is 0 Å². The van der Waals surface area contributed by atoms with Crippen LogP contribution in [-0.4, -0.2) is 11.1 Å². The monoisotopic (exact) mass is 262 g/mol. The van der Waals surface area contributed by atoms with Gasteiger partial charge in [-0.05, 0) is 42.7 Å². The van der Waals surface area contributed by atoms with Gasteiger partial charge < -0.3 is 5.11 Å². The van der Waals surface area contributed by atoms with Crippen LogP contribution >= 0.6 is 0 Å². The van der Waals surface area contributed by atoms with Gasteiger partial charge in [-0.2, -0.15) is 0 Å². The summed E-state index contributed by atoms with van der Waals surface area (Å²) in [6.07, 6.45) is 0. The lowest BCUT2D eigenvalue weighted by Gasteiger charge is -2.10. The molecule has 19 heavy (non-hydrogen) atoms. The first-order valence-corrected chi connectivity index (χ1v) is 5.70. The summed E-state index contributed by atoms with van der Waals surface area (Å²) in [6, 6.07) is 7.30. The zero-order valence-corrected chi connectivity index (χ0v) is 10.5. The Morgan fingerprint density at radius 2 is 1.58 bits per heavy atom. The molecule has 0 saturated heterocycles. The van der Waals surface area contributed by atoms with Gasteiger partial charge in [-0.25, -0.2) is 13.6 Å². The molecule has 1 N–H and O–H groups in total. The standard InChI is InChI=1S/C15H12F2O2/c1-8-3-5-10(15(18)19)7-12(8)11-6-4-9(2)13(16)14(11)17/h3-7H,1-2H3,(H,18,19). The summed E-state index contributed by atoms with van der Waals surface area (Å²) in [5.74, 6) is -2.96. The van der Waals surface area contributed by atoms with Crippen LogP contribution in [0.4, 0.5) is 8.78 Å². The number of carboxylic acids is 1. The van der Waals surface area contributed by atoms with Crippen molar-refractivity contribution in [2.24, 2.45) is 0 Å². The molecule has 0 amide bonds. The first-order valence-electron chi connectivity index (χ1n) is 5.70. The average Bonchev–Trinajstić information content (AvgIpc) is 2.37. The Balaban J connectivity index is 2.68. The van der Waals surface area contributed by atoms with Gasteiger partial charge in [-0.1, -0.05) is 18.2 Å². The maximum atomic E-state index is 13.9. The zero-order chi connectivity index (χ0) is 14.2. The lowest BCUT2D eigenvalue weighted by atomic mass is 9.96. The molecule has 0 spiro atoms. The third kappa shape index (κ3) is 2.34. The van der Waals surface area contributed by atoms with E-state index < -0.39 is 17.6 Å². The van der Waals surface area contributed by atoms with Crippen molar-refractivity contribution < 1.29 is 18.7 Å². The molecule has 0 aliphatic heterocycles. The fourth-order valence-electron chi connectivity index (χ4n) is 1.90. The normalized spacial score (nSPS) is 10.5. The number of carboxylic acid groups (broad SMARTS) is 1. The summed E-state index contributed by atoms with van der Waals surface area (Å²) in [5, 5.41) is 8.95. The molecule has 2 nitrogen and oxygen atoms in total. The maximum absolute atomic E-state index is 13.9. The molecule has 0 fully saturated rings. The Bertz CT molecular complexity index is 663. The second-order valence-electron chi connectivity index (χ2n) is 4.39. The maximum Gasteiger partial charge on any atom is 0.335 e. The second-order valence-corrected chi connectivity index (χ2v) is 4.39. The number of halogens is 2. The molecule has 0 radical (unpaired) electrons. The topological polar surface area (TPSA) is 37.3 Å². The van der Waals surface area contributed by atoms with Gasteiger partial charge in [0.25, 0.3) is 0 Å². The molecule has 2 aromatic rings. The minimum atomic E-state index is -1.10. The molecule has 98 valence electrons. The van der Waals surface area contributed by atoms with Crippen LogP contribution in [0.3, 0.4) is 0 Å². The van der Waals surface area contributed by atoms with Crippen LogP contribution in [0.5, 0.6) is 0 Å². The van der Waals surface area contributed by atoms with Crippen molar-refractivity contribution >= 4 is 5.97 Å². The van der Waals surface area contributed by atoms with E-state index in [-0.39, 0.29) is 16.7 Å². The van der Waals surface area contributed by atoms with E-state index in [0.29, 0.717) is 11.1 Å². The van der Waals surface area contributed by atoms with E-state index in [2.05, 4.69) is 0 Å². The molecule has 0 atom stereocenters. The molecule has 0 aliphatic rings. The molecule has 0 unspecified atom stereocenters. The number of aryl methyl sites for hydroxylation is 2. The molecule has 0 aliphatic carbocycles. The Morgan fingerprint density at radius 3 is 2.21 bits per heavy atom. The smallest absolute Gasteiger partial charge is 0.335 e. The summed E-state index contributed by atoms with van der Waals surface area (Å²) in [7, 11) is 0. The SMILES string of the molecule is Cc1ccc(C(=O)O)cc1-c1ccc(C)c(F)c1F. The third-order valence-electron chi connectivity index (χ3n) is 3.05. The molecule has 2 aromatic carbocycles. The van der Waals surface area contributed by atoms with Gasteiger partial charge in [-0.15, -0.1) is 0 Å². The largest absolute Gasteiger partial charge is 0.478 e. The van der Waals surface area contributed by atoms with Crippen LogP contribution in [0, 0.1) is 25.5 Å². The van der Waals surface area contributed by atoms with Crippen molar-refractivity contribution in [1.82, 2.24) is 0 Å². The highest BCUT2D eigenvalue weighted by atomic mass is 19.2. The van der Waals surface area contributed by atoms with Gasteiger partial charge in [0.2, 0.25) is 0 Å². The molecule has 0 heterocycles. The third-order valence-corrected chi connectivity index (χ3v) is 3.05. The van der Waals surface area contributed by atoms with Crippen LogP contribution in [0.15, 0.2) is 30.3 Å². The fraction of sp³-hybridized carbons (Fsp3) is 0.133. The summed E-state index contributed by atoms with van der Waals surface area (Å²) >= 11 is 0. The van der Waals surface area contributed by atoms with Crippen molar-refractivity contribution in [2.75, 3.05) is 0 Å². The molecule has 0 aromatic heterocycles. The van der Waals surface area contributed by atoms with E-state index in [1.165, 1.54) is 31.2 Å². The number of hydrogen-bond acceptors (Lipinski definition) is 1. The van der Waals surface area contributed by atoms with Crippen molar-refractivity contribution in [3.05, 3.63) is 58.7 Å². The number of aromatic carboxylic acids is 1. The highest BCUT2D eigenvalue weighted by Gasteiger charge is 2.15. The molecule has 0 saturated carbocycles. The quantitative estimate of drug-likeness (QED) is 0.889. The number of rotatable bonds is 2. The molecule has 4 heteroatoms. The Kier molecular flexibility index (Phi) is 3.34. The summed E-state index contributed by atoms with van der Waals surface area (Å²) in [5.41, 5.74) is 1.40. The van der Waals surface area contributed by atoms with Crippen molar-refractivity contribution in [2.45, 2.75) is 13.8 Å². The van der Waals surface area contributed by atoms with Crippen molar-refractivity contribution in [1.29, 1.82) is 0 Å². The van der Waals surface area contributed by atoms with E-state index in [1.807, 2.05) is 0 Å². The first kappa shape index (κ1) is 13.2. The number of hydrogen-bond donors (Lipinski definition) is 1. The molecular formula is C15H12F2O2. The minimum absolute atomic E-state index is 0.0426. The van der Waals surface area contributed by atoms with E-state index in [4.69, 9.17) is 5.11 Å². The van der Waals surface area contributed by atoms with E-state index >= 15 is 0 Å². The molecule has 0 bridgehead atoms. The van der Waals surface area contributed by atoms with Gasteiger partial charge in [0.05, 0.1) is 5.56 Å². The van der Waals surface area contributed by atoms with Crippen LogP contribution in [0.1, 0.15) is 21.5 Å². The predicted molar refractivity (Wildman–Crippen MR) is 68.2 cm³/mol. The van der Waals surface area contributed by atoms with Gasteiger partial charge in [0, 0.05) is 5.56 Å².